The average Bonchev–Trinajstić information content (AvgIpc) is 3.19. The second kappa shape index (κ2) is 37.6. The SMILES string of the molecule is CCCCOCC(C)OCC(C)OCC(C)OCC(C)OCC(C)OC(=O)CC(C(=O)OC(C)COC(C)COC(C)COC(C)COC(C)COCCCC)S(=O)(=O)[O-].[Na+]. The molecule has 0 radical (unpaired) electrons. The Hall–Kier alpha value is -0.550. The van der Waals surface area contributed by atoms with Gasteiger partial charge in [0.2, 0.25) is 0 Å². The number of unbranched alkanes of at least 4 members (excludes halogenated alkanes) is 2. The summed E-state index contributed by atoms with van der Waals surface area (Å²) in [4.78, 5) is 25.3. The second-order valence-electron chi connectivity index (χ2n) is 15.7. The van der Waals surface area contributed by atoms with Crippen LogP contribution in [-0.2, 0) is 76.5 Å². The van der Waals surface area contributed by atoms with Crippen LogP contribution < -0.4 is 29.6 Å². The quantitative estimate of drug-likeness (QED) is 0.0374. The predicted octanol–water partition coefficient (Wildman–Crippen LogP) is 2.03. The molecule has 0 aliphatic rings. The Morgan fingerprint density at radius 2 is 0.705 bits per heavy atom. The van der Waals surface area contributed by atoms with Crippen molar-refractivity contribution in [3.63, 3.8) is 0 Å². The van der Waals surface area contributed by atoms with E-state index in [9.17, 15) is 22.6 Å². The van der Waals surface area contributed by atoms with Crippen molar-refractivity contribution >= 4 is 22.1 Å². The molecule has 17 nitrogen and oxygen atoms in total. The van der Waals surface area contributed by atoms with Crippen LogP contribution in [0.3, 0.4) is 0 Å². The maximum atomic E-state index is 12.7. The van der Waals surface area contributed by atoms with Crippen molar-refractivity contribution in [1.29, 1.82) is 0 Å². The molecule has 358 valence electrons. The topological polar surface area (TPSA) is 202 Å². The molecular formula is C42H81NaO17S. The molecule has 0 aliphatic carbocycles. The van der Waals surface area contributed by atoms with Crippen LogP contribution in [0.15, 0.2) is 0 Å². The van der Waals surface area contributed by atoms with E-state index in [1.54, 1.807) is 13.8 Å². The van der Waals surface area contributed by atoms with Gasteiger partial charge in [-0.2, -0.15) is 0 Å². The molecule has 61 heavy (non-hydrogen) atoms. The standard InChI is InChI=1S/C42H82O17S.Na/c1-13-15-17-48-20-30(3)50-22-32(5)52-24-34(7)54-26-36(9)56-28-38(11)58-41(43)19-40(60(45,46)47)42(44)59-39(12)29-57-37(10)27-55-35(8)25-53-33(6)23-51-31(4)21-49-18-16-14-2;/h30-40H,13-29H2,1-12H3,(H,45,46,47);/q;+1/p-1. The summed E-state index contributed by atoms with van der Waals surface area (Å²) >= 11 is 0. The zero-order valence-corrected chi connectivity index (χ0v) is 42.5. The van der Waals surface area contributed by atoms with E-state index in [0.717, 1.165) is 38.9 Å². The van der Waals surface area contributed by atoms with E-state index in [2.05, 4.69) is 13.8 Å². The minimum absolute atomic E-state index is 0. The summed E-state index contributed by atoms with van der Waals surface area (Å²) in [7, 11) is -5.26. The van der Waals surface area contributed by atoms with E-state index in [1.807, 2.05) is 41.5 Å². The molecule has 0 N–H and O–H groups in total. The van der Waals surface area contributed by atoms with Gasteiger partial charge in [-0.1, -0.05) is 26.7 Å². The monoisotopic (exact) mass is 913 g/mol. The van der Waals surface area contributed by atoms with E-state index in [0.29, 0.717) is 39.6 Å². The summed E-state index contributed by atoms with van der Waals surface area (Å²) < 4.78 is 104. The van der Waals surface area contributed by atoms with Crippen molar-refractivity contribution in [3.8, 4) is 0 Å². The molecule has 0 saturated heterocycles. The van der Waals surface area contributed by atoms with E-state index in [-0.39, 0.29) is 98.7 Å². The van der Waals surface area contributed by atoms with Gasteiger partial charge in [0.15, 0.2) is 5.25 Å². The zero-order chi connectivity index (χ0) is 45.5. The van der Waals surface area contributed by atoms with Gasteiger partial charge in [-0.25, -0.2) is 8.42 Å². The summed E-state index contributed by atoms with van der Waals surface area (Å²) in [5, 5.41) is -2.30. The maximum Gasteiger partial charge on any atom is 1.00 e. The summed E-state index contributed by atoms with van der Waals surface area (Å²) in [6.07, 6.45) is -0.143. The minimum atomic E-state index is -5.26. The largest absolute Gasteiger partial charge is 1.00 e. The summed E-state index contributed by atoms with van der Waals surface area (Å²) in [5.41, 5.74) is 0. The third-order valence-corrected chi connectivity index (χ3v) is 9.58. The molecule has 0 bridgehead atoms. The summed E-state index contributed by atoms with van der Waals surface area (Å²) in [6, 6.07) is 0. The normalized spacial score (nSPS) is 17.5. The second-order valence-corrected chi connectivity index (χ2v) is 17.3. The van der Waals surface area contributed by atoms with Crippen molar-refractivity contribution in [2.45, 2.75) is 181 Å². The van der Waals surface area contributed by atoms with Crippen molar-refractivity contribution in [1.82, 2.24) is 0 Å². The van der Waals surface area contributed by atoms with Crippen molar-refractivity contribution in [2.75, 3.05) is 79.3 Å². The Labute approximate surface area is 389 Å². The maximum absolute atomic E-state index is 12.7. The molecule has 19 heteroatoms. The van der Waals surface area contributed by atoms with Gasteiger partial charge in [0.25, 0.3) is 0 Å². The van der Waals surface area contributed by atoms with Crippen molar-refractivity contribution in [2.24, 2.45) is 0 Å². The van der Waals surface area contributed by atoms with Gasteiger partial charge in [-0.15, -0.1) is 0 Å². The number of hydrogen-bond donors (Lipinski definition) is 0. The number of ether oxygens (including phenoxy) is 12. The first-order chi connectivity index (χ1) is 28.3. The third-order valence-electron chi connectivity index (χ3n) is 8.53. The molecule has 0 heterocycles. The molecule has 0 rings (SSSR count). The Kier molecular flexibility index (Phi) is 38.6. The molecule has 0 aromatic rings. The minimum Gasteiger partial charge on any atom is -0.747 e. The van der Waals surface area contributed by atoms with E-state index < -0.39 is 52.0 Å². The van der Waals surface area contributed by atoms with Crippen LogP contribution in [0.1, 0.15) is 115 Å². The molecule has 0 fully saturated rings. The predicted molar refractivity (Wildman–Crippen MR) is 224 cm³/mol. The number of carbonyl (C=O) groups excluding carboxylic acids is 2. The Bertz CT molecular complexity index is 1180. The molecule has 0 aromatic heterocycles. The average molecular weight is 913 g/mol. The van der Waals surface area contributed by atoms with Crippen LogP contribution in [0.4, 0.5) is 0 Å². The van der Waals surface area contributed by atoms with Crippen LogP contribution in [0.2, 0.25) is 0 Å². The molecule has 0 saturated carbocycles. The number of hydrogen-bond acceptors (Lipinski definition) is 17. The number of rotatable bonds is 40. The van der Waals surface area contributed by atoms with Gasteiger partial charge in [-0.05, 0) is 82.1 Å². The van der Waals surface area contributed by atoms with Crippen LogP contribution >= 0.6 is 0 Å². The molecular weight excluding hydrogens is 832 g/mol. The third kappa shape index (κ3) is 36.4. The Balaban J connectivity index is 0. The smallest absolute Gasteiger partial charge is 0.747 e. The van der Waals surface area contributed by atoms with Gasteiger partial charge in [-0.3, -0.25) is 9.59 Å². The van der Waals surface area contributed by atoms with Gasteiger partial charge < -0.3 is 61.4 Å². The van der Waals surface area contributed by atoms with E-state index in [4.69, 9.17) is 56.8 Å². The Morgan fingerprint density at radius 3 is 0.984 bits per heavy atom. The molecule has 0 amide bonds. The van der Waals surface area contributed by atoms with E-state index >= 15 is 0 Å². The fourth-order valence-corrected chi connectivity index (χ4v) is 5.48. The van der Waals surface area contributed by atoms with Crippen molar-refractivity contribution in [3.05, 3.63) is 0 Å². The fraction of sp³-hybridized carbons (Fsp3) is 0.952. The first-order valence-corrected chi connectivity index (χ1v) is 23.2. The van der Waals surface area contributed by atoms with Crippen LogP contribution in [0.25, 0.3) is 0 Å². The molecule has 0 spiro atoms. The van der Waals surface area contributed by atoms with Gasteiger partial charge in [0, 0.05) is 13.2 Å². The summed E-state index contributed by atoms with van der Waals surface area (Å²) in [5.74, 6) is -2.45. The zero-order valence-electron chi connectivity index (χ0n) is 39.7. The van der Waals surface area contributed by atoms with Crippen LogP contribution in [0.5, 0.6) is 0 Å². The molecule has 11 atom stereocenters. The van der Waals surface area contributed by atoms with Crippen LogP contribution in [-0.4, -0.2) is 170 Å². The Morgan fingerprint density at radius 1 is 0.443 bits per heavy atom. The molecule has 0 aliphatic heterocycles. The number of esters is 2. The summed E-state index contributed by atoms with van der Waals surface area (Å²) in [6.45, 7) is 26.6. The molecule has 0 aromatic carbocycles. The van der Waals surface area contributed by atoms with Crippen LogP contribution in [0, 0.1) is 0 Å². The fourth-order valence-electron chi connectivity index (χ4n) is 4.84. The van der Waals surface area contributed by atoms with Gasteiger partial charge in [0.05, 0.1) is 121 Å². The van der Waals surface area contributed by atoms with Crippen molar-refractivity contribution < 1.29 is 109 Å². The number of carbonyl (C=O) groups is 2. The molecule has 11 unspecified atom stereocenters. The van der Waals surface area contributed by atoms with E-state index in [1.165, 1.54) is 13.8 Å². The first kappa shape index (κ1) is 62.5. The van der Waals surface area contributed by atoms with Gasteiger partial charge >= 0.3 is 41.5 Å². The first-order valence-electron chi connectivity index (χ1n) is 21.7. The van der Waals surface area contributed by atoms with Gasteiger partial charge in [0.1, 0.15) is 22.3 Å².